The molecule has 5 N–H and O–H groups in total. The van der Waals surface area contributed by atoms with Gasteiger partial charge in [-0.25, -0.2) is 8.42 Å². The van der Waals surface area contributed by atoms with Crippen molar-refractivity contribution in [3.05, 3.63) is 54.1 Å². The molecule has 1 saturated heterocycles. The quantitative estimate of drug-likeness (QED) is 0.250. The van der Waals surface area contributed by atoms with Crippen molar-refractivity contribution in [2.24, 2.45) is 5.92 Å². The normalized spacial score (nSPS) is 23.9. The maximum Gasteiger partial charge on any atom is 0.243 e. The first-order chi connectivity index (χ1) is 26.0. The minimum Gasteiger partial charge on any atom is -0.490 e. The first-order valence-corrected chi connectivity index (χ1v) is 20.9. The Kier molecular flexibility index (Phi) is 15.1. The number of hydrogen-bond acceptors (Lipinski definition) is 10. The van der Waals surface area contributed by atoms with E-state index >= 15 is 0 Å². The monoisotopic (exact) mass is 801 g/mol. The summed E-state index contributed by atoms with van der Waals surface area (Å²) in [5.74, 6) is -3.31. The van der Waals surface area contributed by atoms with Crippen molar-refractivity contribution < 1.29 is 41.9 Å². The first-order valence-electron chi connectivity index (χ1n) is 18.1. The van der Waals surface area contributed by atoms with Crippen LogP contribution in [0.2, 0.25) is 0 Å². The number of rotatable bonds is 8. The van der Waals surface area contributed by atoms with Gasteiger partial charge in [0.25, 0.3) is 0 Å². The third kappa shape index (κ3) is 11.4. The molecule has 0 unspecified atom stereocenters. The Hall–Kier alpha value is -4.68. The van der Waals surface area contributed by atoms with E-state index in [-0.39, 0.29) is 42.5 Å². The van der Waals surface area contributed by atoms with E-state index in [1.54, 1.807) is 38.1 Å². The predicted molar refractivity (Wildman–Crippen MR) is 208 cm³/mol. The predicted octanol–water partition coefficient (Wildman–Crippen LogP) is 0.552. The molecule has 0 aliphatic carbocycles. The zero-order valence-electron chi connectivity index (χ0n) is 31.9. The van der Waals surface area contributed by atoms with Gasteiger partial charge in [-0.05, 0) is 68.4 Å². The molecule has 2 aromatic rings. The van der Waals surface area contributed by atoms with Gasteiger partial charge in [-0.1, -0.05) is 44.2 Å². The highest BCUT2D eigenvalue weighted by Gasteiger charge is 2.35. The molecule has 1 fully saturated rings. The van der Waals surface area contributed by atoms with Crippen molar-refractivity contribution in [2.45, 2.75) is 82.6 Å². The van der Waals surface area contributed by atoms with Crippen LogP contribution in [0.4, 0.5) is 5.69 Å². The fourth-order valence-electron chi connectivity index (χ4n) is 6.19. The summed E-state index contributed by atoms with van der Waals surface area (Å²) >= 11 is 1.46. The van der Waals surface area contributed by atoms with Crippen molar-refractivity contribution in [3.63, 3.8) is 0 Å². The molecule has 0 spiro atoms. The van der Waals surface area contributed by atoms with Gasteiger partial charge < -0.3 is 36.2 Å². The molecule has 0 bridgehead atoms. The highest BCUT2D eigenvalue weighted by Crippen LogP contribution is 2.34. The van der Waals surface area contributed by atoms with Crippen molar-refractivity contribution in [3.8, 4) is 5.75 Å². The second-order valence-corrected chi connectivity index (χ2v) is 16.9. The summed E-state index contributed by atoms with van der Waals surface area (Å²) in [6, 6.07) is 7.67. The molecule has 5 atom stereocenters. The Morgan fingerprint density at radius 2 is 1.56 bits per heavy atom. The minimum atomic E-state index is -4.54. The molecule has 18 heteroatoms. The molecule has 55 heavy (non-hydrogen) atoms. The molecule has 2 heterocycles. The summed E-state index contributed by atoms with van der Waals surface area (Å²) in [7, 11) is -4.54. The van der Waals surface area contributed by atoms with Crippen LogP contribution in [-0.2, 0) is 45.2 Å². The molecule has 4 rings (SSSR count). The lowest BCUT2D eigenvalue weighted by Gasteiger charge is -2.31. The van der Waals surface area contributed by atoms with Crippen LogP contribution in [0.1, 0.15) is 46.6 Å². The number of benzene rings is 2. The third-order valence-electron chi connectivity index (χ3n) is 9.24. The number of amides is 6. The zero-order chi connectivity index (χ0) is 40.4. The van der Waals surface area contributed by atoms with Gasteiger partial charge in [0.2, 0.25) is 45.5 Å². The maximum absolute atomic E-state index is 14.5. The molecular formula is C37H51N7O9S2. The standard InChI is InChI=1S/C37H51N7O9S2/c1-22(2)33-37(50)41-29(14-17-54-6)36(49)39-24(4)34(47)40-27(18-26-10-8-7-9-11-26)20-43(21-32(46)38-23(3)35(48)42-33)55(51,52)28-12-13-31-30(19-28)44(25(5)45)15-16-53-31/h7-13,19,22-24,27,29,33H,14-18,20-21H2,1-6H3,(H,38,46)(H,39,49)(H,40,47)(H,41,50)(H,42,48)/t23-,24+,27-,29+,33+/m1/s1. The van der Waals surface area contributed by atoms with Crippen LogP contribution >= 0.6 is 11.8 Å². The van der Waals surface area contributed by atoms with Gasteiger partial charge in [0.05, 0.1) is 23.7 Å². The van der Waals surface area contributed by atoms with E-state index in [1.807, 2.05) is 12.3 Å². The molecule has 2 aliphatic rings. The fourth-order valence-corrected chi connectivity index (χ4v) is 8.12. The van der Waals surface area contributed by atoms with E-state index in [4.69, 9.17) is 4.74 Å². The van der Waals surface area contributed by atoms with Gasteiger partial charge in [0.15, 0.2) is 0 Å². The highest BCUT2D eigenvalue weighted by molar-refractivity contribution is 7.98. The van der Waals surface area contributed by atoms with Crippen LogP contribution in [0.5, 0.6) is 5.75 Å². The van der Waals surface area contributed by atoms with E-state index in [2.05, 4.69) is 26.6 Å². The number of fused-ring (bicyclic) bond motifs is 1. The number of hydrogen-bond donors (Lipinski definition) is 5. The lowest BCUT2D eigenvalue weighted by atomic mass is 10.0. The summed E-state index contributed by atoms with van der Waals surface area (Å²) in [6.45, 7) is 6.90. The summed E-state index contributed by atoms with van der Waals surface area (Å²) in [5.41, 5.74) is 0.996. The van der Waals surface area contributed by atoms with Gasteiger partial charge in [-0.15, -0.1) is 0 Å². The Bertz CT molecular complexity index is 1840. The number of nitrogens with zero attached hydrogens (tertiary/aromatic N) is 2. The first kappa shape index (κ1) is 43.1. The molecule has 0 saturated carbocycles. The molecule has 2 aromatic carbocycles. The molecular weight excluding hydrogens is 751 g/mol. The smallest absolute Gasteiger partial charge is 0.243 e. The highest BCUT2D eigenvalue weighted by atomic mass is 32.2. The second-order valence-electron chi connectivity index (χ2n) is 13.9. The number of anilines is 1. The summed E-state index contributed by atoms with van der Waals surface area (Å²) in [4.78, 5) is 81.4. The van der Waals surface area contributed by atoms with E-state index in [1.165, 1.54) is 55.6 Å². The number of carbonyl (C=O) groups excluding carboxylic acids is 6. The Balaban J connectivity index is 1.78. The van der Waals surface area contributed by atoms with Gasteiger partial charge in [-0.3, -0.25) is 28.8 Å². The molecule has 6 amide bonds. The fraction of sp³-hybridized carbons (Fsp3) is 0.514. The molecule has 0 radical (unpaired) electrons. The number of sulfonamides is 1. The van der Waals surface area contributed by atoms with E-state index in [9.17, 15) is 37.2 Å². The van der Waals surface area contributed by atoms with Crippen molar-refractivity contribution in [1.82, 2.24) is 30.9 Å². The van der Waals surface area contributed by atoms with E-state index in [0.29, 0.717) is 11.5 Å². The number of ether oxygens (including phenoxy) is 1. The molecule has 2 aliphatic heterocycles. The summed E-state index contributed by atoms with van der Waals surface area (Å²) in [6.07, 6.45) is 2.22. The van der Waals surface area contributed by atoms with Crippen LogP contribution in [-0.4, -0.2) is 117 Å². The van der Waals surface area contributed by atoms with Crippen LogP contribution < -0.4 is 36.2 Å². The largest absolute Gasteiger partial charge is 0.490 e. The maximum atomic E-state index is 14.5. The Morgan fingerprint density at radius 3 is 2.22 bits per heavy atom. The van der Waals surface area contributed by atoms with Gasteiger partial charge in [0.1, 0.15) is 36.5 Å². The minimum absolute atomic E-state index is 0.138. The second kappa shape index (κ2) is 19.3. The third-order valence-corrected chi connectivity index (χ3v) is 11.7. The van der Waals surface area contributed by atoms with Gasteiger partial charge >= 0.3 is 0 Å². The SMILES string of the molecule is CSCC[C@@H]1NC(=O)[C@H](C(C)C)NC(=O)[C@@H](C)NC(=O)CN(S(=O)(=O)c2ccc3c(c2)N(C(C)=O)CCO3)C[C@@H](Cc2ccccc2)NC(=O)[C@H](C)NC1=O. The van der Waals surface area contributed by atoms with Crippen LogP contribution in [0.15, 0.2) is 53.4 Å². The Labute approximate surface area is 326 Å². The average molecular weight is 802 g/mol. The van der Waals surface area contributed by atoms with Crippen LogP contribution in [0.25, 0.3) is 0 Å². The van der Waals surface area contributed by atoms with E-state index < -0.39 is 88.8 Å². The van der Waals surface area contributed by atoms with Crippen molar-refractivity contribution >= 4 is 62.9 Å². The average Bonchev–Trinajstić information content (AvgIpc) is 3.14. The topological polar surface area (TPSA) is 212 Å². The van der Waals surface area contributed by atoms with Gasteiger partial charge in [-0.2, -0.15) is 16.1 Å². The lowest BCUT2D eigenvalue weighted by Crippen LogP contribution is -2.60. The van der Waals surface area contributed by atoms with Crippen LogP contribution in [0.3, 0.4) is 0 Å². The number of carbonyl (C=O) groups is 6. The number of nitrogens with one attached hydrogen (secondary N) is 5. The van der Waals surface area contributed by atoms with Gasteiger partial charge in [0, 0.05) is 19.5 Å². The van der Waals surface area contributed by atoms with E-state index in [0.717, 1.165) is 9.87 Å². The lowest BCUT2D eigenvalue weighted by molar-refractivity contribution is -0.135. The van der Waals surface area contributed by atoms with Crippen LogP contribution in [0, 0.1) is 5.92 Å². The molecule has 300 valence electrons. The molecule has 0 aromatic heterocycles. The van der Waals surface area contributed by atoms with Crippen molar-refractivity contribution in [2.75, 3.05) is 43.1 Å². The zero-order valence-corrected chi connectivity index (χ0v) is 33.6. The molecule has 16 nitrogen and oxygen atoms in total. The summed E-state index contributed by atoms with van der Waals surface area (Å²) < 4.78 is 35.6. The number of thioether (sulfide) groups is 1. The Morgan fingerprint density at radius 1 is 0.891 bits per heavy atom. The summed E-state index contributed by atoms with van der Waals surface area (Å²) in [5, 5.41) is 13.5. The van der Waals surface area contributed by atoms with Crippen molar-refractivity contribution in [1.29, 1.82) is 0 Å².